The van der Waals surface area contributed by atoms with Crippen LogP contribution in [0.1, 0.15) is 36.9 Å². The number of nitrogens with one attached hydrogen (secondary N) is 1. The van der Waals surface area contributed by atoms with Crippen molar-refractivity contribution in [2.45, 2.75) is 32.7 Å². The number of hydrogen-bond donors (Lipinski definition) is 1. The number of aryl methyl sites for hydroxylation is 1. The van der Waals surface area contributed by atoms with Crippen molar-refractivity contribution in [3.8, 4) is 5.75 Å². The van der Waals surface area contributed by atoms with E-state index in [0.29, 0.717) is 0 Å². The van der Waals surface area contributed by atoms with Gasteiger partial charge in [-0.15, -0.1) is 0 Å². The Balaban J connectivity index is 2.35. The van der Waals surface area contributed by atoms with E-state index in [1.807, 2.05) is 6.26 Å². The first-order valence-corrected chi connectivity index (χ1v) is 6.94. The van der Waals surface area contributed by atoms with E-state index >= 15 is 0 Å². The summed E-state index contributed by atoms with van der Waals surface area (Å²) in [5.41, 5.74) is 3.70. The van der Waals surface area contributed by atoms with E-state index in [0.717, 1.165) is 31.7 Å². The van der Waals surface area contributed by atoms with Gasteiger partial charge in [0.25, 0.3) is 0 Å². The molecule has 0 amide bonds. The molecule has 3 nitrogen and oxygen atoms in total. The summed E-state index contributed by atoms with van der Waals surface area (Å²) in [6.45, 7) is 5.95. The molecule has 1 aromatic rings. The van der Waals surface area contributed by atoms with Gasteiger partial charge in [-0.25, -0.2) is 0 Å². The molecule has 1 heterocycles. The number of hydrogen-bond acceptors (Lipinski definition) is 3. The number of benzene rings is 1. The average Bonchev–Trinajstić information content (AvgIpc) is 2.46. The van der Waals surface area contributed by atoms with E-state index in [2.05, 4.69) is 37.4 Å². The molecule has 1 atom stereocenters. The Morgan fingerprint density at radius 2 is 2.26 bits per heavy atom. The van der Waals surface area contributed by atoms with Gasteiger partial charge >= 0.3 is 0 Å². The quantitative estimate of drug-likeness (QED) is 0.881. The molecule has 19 heavy (non-hydrogen) atoms. The number of methoxy groups -OCH3 is 1. The van der Waals surface area contributed by atoms with Crippen LogP contribution in [0.3, 0.4) is 0 Å². The maximum atomic E-state index is 5.54. The van der Waals surface area contributed by atoms with E-state index in [-0.39, 0.29) is 6.04 Å². The van der Waals surface area contributed by atoms with Gasteiger partial charge in [-0.05, 0) is 43.5 Å². The largest absolute Gasteiger partial charge is 0.501 e. The first kappa shape index (κ1) is 13.9. The van der Waals surface area contributed by atoms with Crippen LogP contribution in [0.25, 0.3) is 0 Å². The Labute approximate surface area is 115 Å². The second-order valence-corrected chi connectivity index (χ2v) is 4.90. The van der Waals surface area contributed by atoms with Crippen LogP contribution < -0.4 is 10.1 Å². The molecule has 1 aliphatic heterocycles. The monoisotopic (exact) mass is 261 g/mol. The second-order valence-electron chi connectivity index (χ2n) is 4.90. The molecule has 0 aliphatic carbocycles. The second kappa shape index (κ2) is 6.62. The lowest BCUT2D eigenvalue weighted by molar-refractivity contribution is 0.219. The third kappa shape index (κ3) is 3.29. The zero-order chi connectivity index (χ0) is 13.7. The highest BCUT2D eigenvalue weighted by Crippen LogP contribution is 2.33. The fourth-order valence-corrected chi connectivity index (χ4v) is 2.50. The fourth-order valence-electron chi connectivity index (χ4n) is 2.50. The van der Waals surface area contributed by atoms with Gasteiger partial charge in [0.1, 0.15) is 5.75 Å². The van der Waals surface area contributed by atoms with E-state index in [4.69, 9.17) is 9.47 Å². The minimum atomic E-state index is 0.181. The van der Waals surface area contributed by atoms with Crippen LogP contribution in [-0.4, -0.2) is 20.3 Å². The molecule has 1 aliphatic rings. The molecule has 1 unspecified atom stereocenters. The predicted molar refractivity (Wildman–Crippen MR) is 77.4 cm³/mol. The Morgan fingerprint density at radius 1 is 1.42 bits per heavy atom. The Bertz CT molecular complexity index is 454. The van der Waals surface area contributed by atoms with Crippen LogP contribution in [0.5, 0.6) is 5.75 Å². The average molecular weight is 261 g/mol. The van der Waals surface area contributed by atoms with E-state index in [9.17, 15) is 0 Å². The van der Waals surface area contributed by atoms with Gasteiger partial charge in [-0.1, -0.05) is 19.1 Å². The normalized spacial score (nSPS) is 16.5. The summed E-state index contributed by atoms with van der Waals surface area (Å²) in [4.78, 5) is 0. The van der Waals surface area contributed by atoms with Gasteiger partial charge in [0.2, 0.25) is 0 Å². The van der Waals surface area contributed by atoms with Crippen LogP contribution >= 0.6 is 0 Å². The summed E-state index contributed by atoms with van der Waals surface area (Å²) in [5.74, 6) is 0.942. The SMILES string of the molecule is CCNC(C1=COCCC1)c1ccc(C)cc1OC. The lowest BCUT2D eigenvalue weighted by atomic mass is 9.94. The Kier molecular flexibility index (Phi) is 4.86. The van der Waals surface area contributed by atoms with Crippen LogP contribution in [0.15, 0.2) is 30.0 Å². The van der Waals surface area contributed by atoms with E-state index < -0.39 is 0 Å². The van der Waals surface area contributed by atoms with Crippen molar-refractivity contribution < 1.29 is 9.47 Å². The van der Waals surface area contributed by atoms with Crippen molar-refractivity contribution in [2.24, 2.45) is 0 Å². The molecule has 2 rings (SSSR count). The molecule has 0 aromatic heterocycles. The van der Waals surface area contributed by atoms with Crippen molar-refractivity contribution in [1.29, 1.82) is 0 Å². The fraction of sp³-hybridized carbons (Fsp3) is 0.500. The highest BCUT2D eigenvalue weighted by atomic mass is 16.5. The van der Waals surface area contributed by atoms with Crippen LogP contribution in [0.2, 0.25) is 0 Å². The van der Waals surface area contributed by atoms with Gasteiger partial charge in [0.15, 0.2) is 0 Å². The smallest absolute Gasteiger partial charge is 0.124 e. The Hall–Kier alpha value is -1.48. The zero-order valence-corrected chi connectivity index (χ0v) is 12.0. The molecule has 0 fully saturated rings. The van der Waals surface area contributed by atoms with Gasteiger partial charge in [-0.2, -0.15) is 0 Å². The third-order valence-corrected chi connectivity index (χ3v) is 3.44. The maximum Gasteiger partial charge on any atom is 0.124 e. The maximum absolute atomic E-state index is 5.54. The molecule has 0 bridgehead atoms. The summed E-state index contributed by atoms with van der Waals surface area (Å²) in [6, 6.07) is 6.55. The highest BCUT2D eigenvalue weighted by Gasteiger charge is 2.21. The summed E-state index contributed by atoms with van der Waals surface area (Å²) in [7, 11) is 1.73. The van der Waals surface area contributed by atoms with Crippen molar-refractivity contribution >= 4 is 0 Å². The molecule has 1 aromatic carbocycles. The number of rotatable bonds is 5. The van der Waals surface area contributed by atoms with Gasteiger partial charge in [-0.3, -0.25) is 0 Å². The van der Waals surface area contributed by atoms with Crippen molar-refractivity contribution in [1.82, 2.24) is 5.32 Å². The molecule has 0 spiro atoms. The van der Waals surface area contributed by atoms with Gasteiger partial charge in [0.05, 0.1) is 26.0 Å². The molecule has 0 saturated carbocycles. The molecule has 0 saturated heterocycles. The van der Waals surface area contributed by atoms with Gasteiger partial charge < -0.3 is 14.8 Å². The minimum Gasteiger partial charge on any atom is -0.501 e. The summed E-state index contributed by atoms with van der Waals surface area (Å²) in [6.07, 6.45) is 4.08. The van der Waals surface area contributed by atoms with Crippen LogP contribution in [0, 0.1) is 6.92 Å². The van der Waals surface area contributed by atoms with Crippen molar-refractivity contribution in [3.05, 3.63) is 41.2 Å². The minimum absolute atomic E-state index is 0.181. The first-order chi connectivity index (χ1) is 9.26. The molecule has 0 radical (unpaired) electrons. The molecule has 104 valence electrons. The lowest BCUT2D eigenvalue weighted by Crippen LogP contribution is -2.24. The van der Waals surface area contributed by atoms with Crippen molar-refractivity contribution in [3.63, 3.8) is 0 Å². The molecule has 1 N–H and O–H groups in total. The van der Waals surface area contributed by atoms with E-state index in [1.54, 1.807) is 7.11 Å². The highest BCUT2D eigenvalue weighted by molar-refractivity contribution is 5.42. The van der Waals surface area contributed by atoms with E-state index in [1.165, 1.54) is 16.7 Å². The summed E-state index contributed by atoms with van der Waals surface area (Å²) < 4.78 is 11.0. The number of likely N-dealkylation sites (N-methyl/N-ethyl adjacent to an activating group) is 1. The van der Waals surface area contributed by atoms with Crippen LogP contribution in [0.4, 0.5) is 0 Å². The first-order valence-electron chi connectivity index (χ1n) is 6.94. The van der Waals surface area contributed by atoms with Crippen molar-refractivity contribution in [2.75, 3.05) is 20.3 Å². The standard InChI is InChI=1S/C16H23NO2/c1-4-17-16(13-6-5-9-19-11-13)14-8-7-12(2)10-15(14)18-3/h7-8,10-11,16-17H,4-6,9H2,1-3H3. The lowest BCUT2D eigenvalue weighted by Gasteiger charge is -2.26. The Morgan fingerprint density at radius 3 is 2.89 bits per heavy atom. The third-order valence-electron chi connectivity index (χ3n) is 3.44. The van der Waals surface area contributed by atoms with Gasteiger partial charge in [0, 0.05) is 5.56 Å². The predicted octanol–water partition coefficient (Wildman–Crippen LogP) is 3.35. The van der Waals surface area contributed by atoms with Crippen LogP contribution in [-0.2, 0) is 4.74 Å². The topological polar surface area (TPSA) is 30.5 Å². The molecule has 3 heteroatoms. The molecular weight excluding hydrogens is 238 g/mol. The summed E-state index contributed by atoms with van der Waals surface area (Å²) >= 11 is 0. The zero-order valence-electron chi connectivity index (χ0n) is 12.0. The summed E-state index contributed by atoms with van der Waals surface area (Å²) in [5, 5.41) is 3.53. The molecular formula is C16H23NO2. The number of ether oxygens (including phenoxy) is 2.